The molecule has 1 amide bonds. The van der Waals surface area contributed by atoms with Gasteiger partial charge in [0.1, 0.15) is 0 Å². The summed E-state index contributed by atoms with van der Waals surface area (Å²) in [6.07, 6.45) is -3.89. The number of amides is 1. The van der Waals surface area contributed by atoms with Crippen molar-refractivity contribution in [3.05, 3.63) is 29.8 Å². The van der Waals surface area contributed by atoms with Crippen LogP contribution >= 0.6 is 0 Å². The van der Waals surface area contributed by atoms with E-state index in [2.05, 4.69) is 5.32 Å². The number of alkyl halides is 3. The maximum Gasteiger partial charge on any atom is 0.416 e. The van der Waals surface area contributed by atoms with Gasteiger partial charge in [0.15, 0.2) is 0 Å². The van der Waals surface area contributed by atoms with E-state index in [9.17, 15) is 26.4 Å². The predicted octanol–water partition coefficient (Wildman–Crippen LogP) is 1.21. The van der Waals surface area contributed by atoms with Gasteiger partial charge in [-0.15, -0.1) is 0 Å². The highest BCUT2D eigenvalue weighted by Gasteiger charge is 2.34. The summed E-state index contributed by atoms with van der Waals surface area (Å²) in [5.74, 6) is -0.578. The second-order valence-electron chi connectivity index (χ2n) is 5.72. The number of hydrogen-bond donors (Lipinski definition) is 2. The van der Waals surface area contributed by atoms with Crippen LogP contribution in [0.2, 0.25) is 0 Å². The summed E-state index contributed by atoms with van der Waals surface area (Å²) in [7, 11) is -3.90. The molecular weight excluding hydrogens is 361 g/mol. The monoisotopic (exact) mass is 380 g/mol. The van der Waals surface area contributed by atoms with Crippen molar-refractivity contribution in [2.45, 2.75) is 23.9 Å². The van der Waals surface area contributed by atoms with Crippen molar-refractivity contribution in [1.82, 2.24) is 9.62 Å². The Morgan fingerprint density at radius 3 is 2.24 bits per heavy atom. The van der Waals surface area contributed by atoms with Gasteiger partial charge in [-0.2, -0.15) is 17.5 Å². The Bertz CT molecular complexity index is 696. The molecule has 0 aromatic heterocycles. The van der Waals surface area contributed by atoms with Crippen LogP contribution in [-0.2, 0) is 21.0 Å². The highest BCUT2D eigenvalue weighted by atomic mass is 32.2. The van der Waals surface area contributed by atoms with Crippen LogP contribution in [-0.4, -0.2) is 50.0 Å². The van der Waals surface area contributed by atoms with Gasteiger partial charge in [0, 0.05) is 25.6 Å². The lowest BCUT2D eigenvalue weighted by Crippen LogP contribution is -2.43. The van der Waals surface area contributed by atoms with Crippen molar-refractivity contribution in [3.63, 3.8) is 0 Å². The average Bonchev–Trinajstić information content (AvgIpc) is 2.59. The van der Waals surface area contributed by atoms with Gasteiger partial charge in [0.25, 0.3) is 0 Å². The number of hydrogen-bond acceptors (Lipinski definition) is 4. The molecular formula is C15H19F3N2O4S. The zero-order valence-electron chi connectivity index (χ0n) is 13.3. The second kappa shape index (κ2) is 7.71. The zero-order chi connectivity index (χ0) is 18.7. The van der Waals surface area contributed by atoms with Gasteiger partial charge < -0.3 is 10.4 Å². The van der Waals surface area contributed by atoms with E-state index in [-0.39, 0.29) is 43.0 Å². The van der Waals surface area contributed by atoms with Gasteiger partial charge >= 0.3 is 6.18 Å². The van der Waals surface area contributed by atoms with Crippen molar-refractivity contribution < 1.29 is 31.5 Å². The third-order valence-electron chi connectivity index (χ3n) is 4.06. The normalized spacial score (nSPS) is 17.4. The Kier molecular flexibility index (Phi) is 6.07. The van der Waals surface area contributed by atoms with Crippen molar-refractivity contribution in [3.8, 4) is 0 Å². The largest absolute Gasteiger partial charge is 0.416 e. The number of nitrogens with zero attached hydrogens (tertiary/aromatic N) is 1. The molecule has 0 bridgehead atoms. The molecule has 1 aromatic rings. The first kappa shape index (κ1) is 19.7. The molecule has 0 saturated carbocycles. The van der Waals surface area contributed by atoms with E-state index in [0.29, 0.717) is 12.8 Å². The first-order valence-corrected chi connectivity index (χ1v) is 9.16. The number of carbonyl (C=O) groups is 1. The van der Waals surface area contributed by atoms with Crippen LogP contribution in [0.25, 0.3) is 0 Å². The maximum absolute atomic E-state index is 12.6. The Hall–Kier alpha value is -1.65. The summed E-state index contributed by atoms with van der Waals surface area (Å²) in [5.41, 5.74) is -0.911. The minimum Gasteiger partial charge on any atom is -0.395 e. The second-order valence-corrected chi connectivity index (χ2v) is 7.65. The third kappa shape index (κ3) is 4.71. The van der Waals surface area contributed by atoms with E-state index in [0.717, 1.165) is 24.3 Å². The molecule has 1 heterocycles. The number of sulfonamides is 1. The number of piperidine rings is 1. The highest BCUT2D eigenvalue weighted by molar-refractivity contribution is 7.89. The summed E-state index contributed by atoms with van der Waals surface area (Å²) < 4.78 is 63.9. The highest BCUT2D eigenvalue weighted by Crippen LogP contribution is 2.31. The average molecular weight is 380 g/mol. The van der Waals surface area contributed by atoms with Crippen LogP contribution in [0.15, 0.2) is 29.2 Å². The Labute approximate surface area is 143 Å². The van der Waals surface area contributed by atoms with E-state index in [1.165, 1.54) is 4.31 Å². The van der Waals surface area contributed by atoms with Gasteiger partial charge in [-0.25, -0.2) is 8.42 Å². The Balaban J connectivity index is 2.03. The zero-order valence-corrected chi connectivity index (χ0v) is 14.1. The molecule has 140 valence electrons. The fourth-order valence-corrected chi connectivity index (χ4v) is 4.12. The van der Waals surface area contributed by atoms with Gasteiger partial charge in [0.2, 0.25) is 15.9 Å². The van der Waals surface area contributed by atoms with E-state index in [1.54, 1.807) is 0 Å². The lowest BCUT2D eigenvalue weighted by atomic mass is 9.97. The van der Waals surface area contributed by atoms with Crippen LogP contribution in [0.5, 0.6) is 0 Å². The summed E-state index contributed by atoms with van der Waals surface area (Å²) in [6, 6.07) is 3.36. The molecule has 10 heteroatoms. The molecule has 0 aliphatic carbocycles. The lowest BCUT2D eigenvalue weighted by molar-refractivity contribution is -0.137. The van der Waals surface area contributed by atoms with E-state index >= 15 is 0 Å². The molecule has 0 atom stereocenters. The summed E-state index contributed by atoms with van der Waals surface area (Å²) in [6.45, 7) is 0.191. The fraction of sp³-hybridized carbons (Fsp3) is 0.533. The molecule has 25 heavy (non-hydrogen) atoms. The molecule has 1 aromatic carbocycles. The minimum absolute atomic E-state index is 0.112. The molecule has 6 nitrogen and oxygen atoms in total. The van der Waals surface area contributed by atoms with Crippen molar-refractivity contribution >= 4 is 15.9 Å². The van der Waals surface area contributed by atoms with Crippen molar-refractivity contribution in [1.29, 1.82) is 0 Å². The molecule has 0 radical (unpaired) electrons. The molecule has 0 unspecified atom stereocenters. The quantitative estimate of drug-likeness (QED) is 0.804. The van der Waals surface area contributed by atoms with Crippen molar-refractivity contribution in [2.75, 3.05) is 26.2 Å². The summed E-state index contributed by atoms with van der Waals surface area (Å²) in [4.78, 5) is 11.6. The SMILES string of the molecule is O=C(NCCO)C1CCN(S(=O)(=O)c2ccc(C(F)(F)F)cc2)CC1. The Morgan fingerprint density at radius 2 is 1.76 bits per heavy atom. The van der Waals surface area contributed by atoms with Gasteiger partial charge in [-0.1, -0.05) is 0 Å². The van der Waals surface area contributed by atoms with E-state index in [4.69, 9.17) is 5.11 Å². The van der Waals surface area contributed by atoms with E-state index in [1.807, 2.05) is 0 Å². The molecule has 0 spiro atoms. The summed E-state index contributed by atoms with van der Waals surface area (Å²) in [5, 5.41) is 11.2. The van der Waals surface area contributed by atoms with Gasteiger partial charge in [-0.3, -0.25) is 4.79 Å². The van der Waals surface area contributed by atoms with E-state index < -0.39 is 21.8 Å². The topological polar surface area (TPSA) is 86.7 Å². The maximum atomic E-state index is 12.6. The van der Waals surface area contributed by atoms with Gasteiger partial charge in [-0.05, 0) is 37.1 Å². The number of benzene rings is 1. The summed E-state index contributed by atoms with van der Waals surface area (Å²) >= 11 is 0. The van der Waals surface area contributed by atoms with Crippen LogP contribution in [0.1, 0.15) is 18.4 Å². The molecule has 2 N–H and O–H groups in total. The van der Waals surface area contributed by atoms with Crippen molar-refractivity contribution in [2.24, 2.45) is 5.92 Å². The minimum atomic E-state index is -4.53. The van der Waals surface area contributed by atoms with Crippen LogP contribution in [0.4, 0.5) is 13.2 Å². The number of aliphatic hydroxyl groups excluding tert-OH is 1. The predicted molar refractivity (Wildman–Crippen MR) is 83.0 cm³/mol. The smallest absolute Gasteiger partial charge is 0.395 e. The first-order chi connectivity index (χ1) is 11.7. The fourth-order valence-electron chi connectivity index (χ4n) is 2.65. The molecule has 1 aliphatic heterocycles. The number of aliphatic hydroxyl groups is 1. The molecule has 1 saturated heterocycles. The Morgan fingerprint density at radius 1 is 1.20 bits per heavy atom. The van der Waals surface area contributed by atoms with Crippen LogP contribution in [0.3, 0.4) is 0 Å². The van der Waals surface area contributed by atoms with Gasteiger partial charge in [0.05, 0.1) is 17.1 Å². The molecule has 1 fully saturated rings. The first-order valence-electron chi connectivity index (χ1n) is 7.72. The number of carbonyl (C=O) groups excluding carboxylic acids is 1. The van der Waals surface area contributed by atoms with Crippen LogP contribution < -0.4 is 5.32 Å². The number of halogens is 3. The standard InChI is InChI=1S/C15H19F3N2O4S/c16-15(17,18)12-1-3-13(4-2-12)25(23,24)20-8-5-11(6-9-20)14(22)19-7-10-21/h1-4,11,21H,5-10H2,(H,19,22). The molecule has 1 aliphatic rings. The number of rotatable bonds is 5. The molecule has 2 rings (SSSR count). The third-order valence-corrected chi connectivity index (χ3v) is 5.97. The lowest BCUT2D eigenvalue weighted by Gasteiger charge is -2.30. The van der Waals surface area contributed by atoms with Crippen LogP contribution in [0, 0.1) is 5.92 Å². The number of nitrogens with one attached hydrogen (secondary N) is 1.